The summed E-state index contributed by atoms with van der Waals surface area (Å²) in [5.41, 5.74) is 2.14. The number of pyridine rings is 2. The van der Waals surface area contributed by atoms with Gasteiger partial charge in [0.2, 0.25) is 5.69 Å². The van der Waals surface area contributed by atoms with Gasteiger partial charge in [-0.2, -0.15) is 14.9 Å². The lowest BCUT2D eigenvalue weighted by molar-refractivity contribution is -0.455. The molecule has 0 fully saturated rings. The van der Waals surface area contributed by atoms with Gasteiger partial charge in [-0.15, -0.1) is 4.41 Å². The van der Waals surface area contributed by atoms with E-state index in [0.717, 1.165) is 18.7 Å². The lowest BCUT2D eigenvalue weighted by Crippen LogP contribution is -2.33. The van der Waals surface area contributed by atoms with Crippen LogP contribution < -0.4 is 5.84 Å². The van der Waals surface area contributed by atoms with Crippen LogP contribution in [0.25, 0.3) is 5.52 Å². The number of rotatable bonds is 7. The van der Waals surface area contributed by atoms with Crippen molar-refractivity contribution in [1.82, 2.24) is 19.0 Å². The van der Waals surface area contributed by atoms with Gasteiger partial charge in [0.1, 0.15) is 0 Å². The molecule has 0 spiro atoms. The smallest absolute Gasteiger partial charge is 0.264 e. The molecule has 1 aromatic carbocycles. The van der Waals surface area contributed by atoms with Gasteiger partial charge < -0.3 is 0 Å². The maximum absolute atomic E-state index is 13.1. The molecule has 3 aromatic heterocycles. The van der Waals surface area contributed by atoms with Crippen molar-refractivity contribution in [2.24, 2.45) is 5.84 Å². The Balaban J connectivity index is 1.99. The van der Waals surface area contributed by atoms with Gasteiger partial charge in [-0.1, -0.05) is 0 Å². The molecule has 12 nitrogen and oxygen atoms in total. The van der Waals surface area contributed by atoms with Crippen molar-refractivity contribution in [3.05, 3.63) is 94.1 Å². The number of nitriles is 1. The Hall–Kier alpha value is -4.51. The number of nitro benzene ring substituents is 1. The molecule has 176 valence electrons. The summed E-state index contributed by atoms with van der Waals surface area (Å²) < 4.78 is 29.8. The summed E-state index contributed by atoms with van der Waals surface area (Å²) in [7, 11) is -3.13. The molecule has 0 aliphatic carbocycles. The number of hydrazine groups is 1. The molecule has 0 bridgehead atoms. The fraction of sp³-hybridized carbons (Fsp3) is 0.0909. The van der Waals surface area contributed by atoms with Gasteiger partial charge in [-0.25, -0.2) is 12.9 Å². The fourth-order valence-electron chi connectivity index (χ4n) is 3.44. The maximum Gasteiger partial charge on any atom is 0.271 e. The number of sulfonamides is 1. The number of fused-ring (bicyclic) bond motifs is 1. The molecule has 0 aliphatic heterocycles. The first-order valence-corrected chi connectivity index (χ1v) is 11.5. The number of nitrogens with two attached hydrogens (primary N) is 1. The van der Waals surface area contributed by atoms with E-state index in [4.69, 9.17) is 5.84 Å². The van der Waals surface area contributed by atoms with Crippen LogP contribution in [0, 0.1) is 21.4 Å². The lowest BCUT2D eigenvalue weighted by atomic mass is 10.2. The molecule has 0 amide bonds. The molecule has 4 aromatic rings. The van der Waals surface area contributed by atoms with Gasteiger partial charge in [0.05, 0.1) is 33.8 Å². The van der Waals surface area contributed by atoms with Crippen LogP contribution in [0.15, 0.2) is 72.1 Å². The Morgan fingerprint density at radius 1 is 1.26 bits per heavy atom. The van der Waals surface area contributed by atoms with Crippen LogP contribution in [0.2, 0.25) is 0 Å². The Morgan fingerprint density at radius 3 is 2.71 bits per heavy atom. The van der Waals surface area contributed by atoms with Crippen LogP contribution in [-0.4, -0.2) is 50.2 Å². The summed E-state index contributed by atoms with van der Waals surface area (Å²) in [6.45, 7) is 0.178. The second-order valence-electron chi connectivity index (χ2n) is 7.51. The number of hydrogen-bond donors (Lipinski definition) is 1. The van der Waals surface area contributed by atoms with Crippen LogP contribution >= 0.6 is 0 Å². The second-order valence-corrected chi connectivity index (χ2v) is 9.47. The predicted molar refractivity (Wildman–Crippen MR) is 125 cm³/mol. The number of hydrogen-bond acceptors (Lipinski definition) is 8. The highest BCUT2D eigenvalue weighted by molar-refractivity contribution is 7.89. The van der Waals surface area contributed by atoms with E-state index >= 15 is 0 Å². The molecule has 13 heteroatoms. The van der Waals surface area contributed by atoms with Crippen molar-refractivity contribution in [2.75, 3.05) is 7.05 Å². The number of nitro groups is 1. The molecule has 4 rings (SSSR count). The van der Waals surface area contributed by atoms with Crippen LogP contribution in [-0.2, 0) is 16.6 Å². The molecular weight excluding hydrogens is 472 g/mol. The minimum absolute atomic E-state index is 0.160. The van der Waals surface area contributed by atoms with E-state index in [1.165, 1.54) is 12.1 Å². The van der Waals surface area contributed by atoms with Crippen LogP contribution in [0.3, 0.4) is 0 Å². The van der Waals surface area contributed by atoms with E-state index in [0.29, 0.717) is 21.1 Å². The zero-order chi connectivity index (χ0) is 25.2. The molecule has 0 radical (unpaired) electrons. The molecule has 0 saturated heterocycles. The predicted octanol–water partition coefficient (Wildman–Crippen LogP) is 1.97. The van der Waals surface area contributed by atoms with Gasteiger partial charge in [0.15, 0.2) is 17.7 Å². The molecule has 3 heterocycles. The molecule has 0 aliphatic rings. The monoisotopic (exact) mass is 491 g/mol. The Labute approximate surface area is 200 Å². The zero-order valence-electron chi connectivity index (χ0n) is 18.4. The molecule has 0 saturated carbocycles. The Bertz CT molecular complexity index is 1610. The van der Waals surface area contributed by atoms with Crippen molar-refractivity contribution < 1.29 is 17.9 Å². The quantitative estimate of drug-likeness (QED) is 0.135. The third-order valence-electron chi connectivity index (χ3n) is 5.17. The van der Waals surface area contributed by atoms with E-state index in [-0.39, 0.29) is 17.1 Å². The summed E-state index contributed by atoms with van der Waals surface area (Å²) in [5, 5.41) is 25.0. The first kappa shape index (κ1) is 23.6. The number of nitrogens with zero attached hydrogens (tertiary/aromatic N) is 7. The van der Waals surface area contributed by atoms with Gasteiger partial charge in [0, 0.05) is 49.4 Å². The van der Waals surface area contributed by atoms with Gasteiger partial charge in [0.25, 0.3) is 15.7 Å². The largest absolute Gasteiger partial charge is 0.271 e. The lowest BCUT2D eigenvalue weighted by Gasteiger charge is -2.13. The van der Waals surface area contributed by atoms with Gasteiger partial charge in [-0.05, 0) is 24.3 Å². The maximum atomic E-state index is 13.1. The first-order chi connectivity index (χ1) is 16.7. The average Bonchev–Trinajstić information content (AvgIpc) is 3.25. The topological polar surface area (TPSA) is 164 Å². The Kier molecular flexibility index (Phi) is 6.34. The fourth-order valence-corrected chi connectivity index (χ4v) is 4.47. The summed E-state index contributed by atoms with van der Waals surface area (Å²) in [4.78, 5) is 14.5. The summed E-state index contributed by atoms with van der Waals surface area (Å²) in [6.07, 6.45) is 8.10. The number of non-ortho nitro benzene ring substituents is 1. The highest BCUT2D eigenvalue weighted by Crippen LogP contribution is 2.31. The summed E-state index contributed by atoms with van der Waals surface area (Å²) >= 11 is 0. The van der Waals surface area contributed by atoms with E-state index in [1.807, 2.05) is 6.07 Å². The molecular formula is C22H19N8O4S+. The average molecular weight is 492 g/mol. The first-order valence-electron chi connectivity index (χ1n) is 10.1. The number of aromatic nitrogens is 3. The molecule has 0 atom stereocenters. The third kappa shape index (κ3) is 4.75. The van der Waals surface area contributed by atoms with Crippen molar-refractivity contribution >= 4 is 33.1 Å². The van der Waals surface area contributed by atoms with Crippen LogP contribution in [0.4, 0.5) is 11.4 Å². The van der Waals surface area contributed by atoms with Gasteiger partial charge >= 0.3 is 0 Å². The van der Waals surface area contributed by atoms with Gasteiger partial charge in [-0.3, -0.25) is 20.9 Å². The van der Waals surface area contributed by atoms with Crippen LogP contribution in [0.5, 0.6) is 0 Å². The van der Waals surface area contributed by atoms with Crippen molar-refractivity contribution in [1.29, 1.82) is 5.26 Å². The van der Waals surface area contributed by atoms with E-state index in [1.54, 1.807) is 58.3 Å². The number of benzene rings is 1. The third-order valence-corrected chi connectivity index (χ3v) is 6.81. The minimum Gasteiger partial charge on any atom is -0.264 e. The SMILES string of the molecule is CN(N)S(=O)(=O)c1cc([N+](=O)[O-])ccc1[N+](=Cc1cnn2ccc(C#N)cc12)Cc1cccnc1. The van der Waals surface area contributed by atoms with Crippen molar-refractivity contribution in [3.63, 3.8) is 0 Å². The summed E-state index contributed by atoms with van der Waals surface area (Å²) in [5.74, 6) is 5.59. The van der Waals surface area contributed by atoms with Crippen molar-refractivity contribution in [3.8, 4) is 6.07 Å². The van der Waals surface area contributed by atoms with E-state index < -0.39 is 20.6 Å². The standard InChI is InChI=1S/C22H19N8O4S/c1-27(24)35(33,34)22-10-19(30(31)32)4-5-20(22)28(14-17-3-2-7-25-12-17)15-18-13-26-29-8-6-16(11-23)9-21(18)29/h2-10,12-13,15H,14,24H2,1H3/q+1. The normalized spacial score (nSPS) is 12.1. The molecule has 35 heavy (non-hydrogen) atoms. The second kappa shape index (κ2) is 9.39. The molecule has 2 N–H and O–H groups in total. The highest BCUT2D eigenvalue weighted by atomic mass is 32.2. The van der Waals surface area contributed by atoms with E-state index in [9.17, 15) is 23.8 Å². The highest BCUT2D eigenvalue weighted by Gasteiger charge is 2.31. The van der Waals surface area contributed by atoms with Crippen molar-refractivity contribution in [2.45, 2.75) is 11.4 Å². The zero-order valence-corrected chi connectivity index (χ0v) is 19.2. The van der Waals surface area contributed by atoms with Crippen LogP contribution in [0.1, 0.15) is 16.7 Å². The Morgan fingerprint density at radius 2 is 2.06 bits per heavy atom. The molecule has 0 unspecified atom stereocenters. The minimum atomic E-state index is -4.27. The van der Waals surface area contributed by atoms with E-state index in [2.05, 4.69) is 16.2 Å². The summed E-state index contributed by atoms with van der Waals surface area (Å²) in [6, 6.07) is 12.5.